The molecule has 3 rings (SSSR count). The SMILES string of the molecule is CCCCc1ccc(Nc2ncnc(N3CCC(C(=O)OCC)CC3)c2N)cc1. The number of carbonyl (C=O) groups is 1. The van der Waals surface area contributed by atoms with Crippen molar-refractivity contribution < 1.29 is 9.53 Å². The number of hydrogen-bond acceptors (Lipinski definition) is 7. The summed E-state index contributed by atoms with van der Waals surface area (Å²) in [5, 5.41) is 3.30. The fourth-order valence-corrected chi connectivity index (χ4v) is 3.60. The molecule has 0 amide bonds. The first-order chi connectivity index (χ1) is 14.1. The van der Waals surface area contributed by atoms with Crippen LogP contribution in [0.2, 0.25) is 0 Å². The monoisotopic (exact) mass is 397 g/mol. The predicted molar refractivity (Wildman–Crippen MR) is 116 cm³/mol. The van der Waals surface area contributed by atoms with Crippen LogP contribution in [0, 0.1) is 5.92 Å². The summed E-state index contributed by atoms with van der Waals surface area (Å²) in [6, 6.07) is 8.38. The van der Waals surface area contributed by atoms with Gasteiger partial charge in [-0.25, -0.2) is 9.97 Å². The first-order valence-corrected chi connectivity index (χ1v) is 10.5. The van der Waals surface area contributed by atoms with E-state index in [2.05, 4.69) is 51.4 Å². The molecule has 0 atom stereocenters. The number of aromatic nitrogens is 2. The molecule has 0 unspecified atom stereocenters. The Bertz CT molecular complexity index is 801. The molecule has 29 heavy (non-hydrogen) atoms. The van der Waals surface area contributed by atoms with Gasteiger partial charge in [-0.2, -0.15) is 0 Å². The van der Waals surface area contributed by atoms with E-state index in [0.717, 1.165) is 38.0 Å². The number of nitrogens with one attached hydrogen (secondary N) is 1. The van der Waals surface area contributed by atoms with Crippen molar-refractivity contribution in [3.05, 3.63) is 36.2 Å². The summed E-state index contributed by atoms with van der Waals surface area (Å²) < 4.78 is 5.14. The molecule has 0 radical (unpaired) electrons. The normalized spacial score (nSPS) is 14.6. The standard InChI is InChI=1S/C22H31N5O2/c1-3-5-6-16-7-9-18(10-8-16)26-20-19(23)21(25-15-24-20)27-13-11-17(12-14-27)22(28)29-4-2/h7-10,15,17H,3-6,11-14,23H2,1-2H3,(H,24,25,26). The Labute approximate surface area is 172 Å². The Morgan fingerprint density at radius 1 is 1.21 bits per heavy atom. The maximum absolute atomic E-state index is 11.9. The van der Waals surface area contributed by atoms with Gasteiger partial charge in [-0.1, -0.05) is 25.5 Å². The van der Waals surface area contributed by atoms with Gasteiger partial charge in [0.05, 0.1) is 12.5 Å². The van der Waals surface area contributed by atoms with E-state index in [4.69, 9.17) is 10.5 Å². The molecule has 2 heterocycles. The third kappa shape index (κ3) is 5.37. The van der Waals surface area contributed by atoms with Crippen molar-refractivity contribution in [3.63, 3.8) is 0 Å². The van der Waals surface area contributed by atoms with Gasteiger partial charge in [0.25, 0.3) is 0 Å². The highest BCUT2D eigenvalue weighted by molar-refractivity contribution is 5.79. The molecule has 1 aliphatic heterocycles. The van der Waals surface area contributed by atoms with Crippen LogP contribution in [0.25, 0.3) is 0 Å². The number of hydrogen-bond donors (Lipinski definition) is 2. The number of unbranched alkanes of at least 4 members (excludes halogenated alkanes) is 1. The summed E-state index contributed by atoms with van der Waals surface area (Å²) in [6.45, 7) is 5.89. The number of nitrogens with two attached hydrogens (primary N) is 1. The van der Waals surface area contributed by atoms with Crippen LogP contribution in [0.3, 0.4) is 0 Å². The quantitative estimate of drug-likeness (QED) is 0.652. The minimum absolute atomic E-state index is 0.0434. The van der Waals surface area contributed by atoms with Crippen molar-refractivity contribution >= 4 is 29.0 Å². The molecule has 3 N–H and O–H groups in total. The number of esters is 1. The molecule has 156 valence electrons. The molecule has 1 aromatic heterocycles. The zero-order chi connectivity index (χ0) is 20.6. The molecular formula is C22H31N5O2. The van der Waals surface area contributed by atoms with E-state index in [1.165, 1.54) is 24.7 Å². The van der Waals surface area contributed by atoms with Crippen LogP contribution < -0.4 is 16.0 Å². The summed E-state index contributed by atoms with van der Waals surface area (Å²) in [4.78, 5) is 22.8. The Morgan fingerprint density at radius 3 is 2.59 bits per heavy atom. The fourth-order valence-electron chi connectivity index (χ4n) is 3.60. The average molecular weight is 398 g/mol. The van der Waals surface area contributed by atoms with E-state index in [0.29, 0.717) is 23.9 Å². The zero-order valence-corrected chi connectivity index (χ0v) is 17.4. The van der Waals surface area contributed by atoms with Gasteiger partial charge in [0.1, 0.15) is 12.0 Å². The number of ether oxygens (including phenoxy) is 1. The van der Waals surface area contributed by atoms with Gasteiger partial charge in [0, 0.05) is 18.8 Å². The van der Waals surface area contributed by atoms with Gasteiger partial charge in [-0.15, -0.1) is 0 Å². The van der Waals surface area contributed by atoms with E-state index in [9.17, 15) is 4.79 Å². The van der Waals surface area contributed by atoms with Crippen LogP contribution in [0.15, 0.2) is 30.6 Å². The minimum atomic E-state index is -0.104. The lowest BCUT2D eigenvalue weighted by molar-refractivity contribution is -0.148. The maximum atomic E-state index is 11.9. The summed E-state index contributed by atoms with van der Waals surface area (Å²) in [7, 11) is 0. The molecule has 0 spiro atoms. The molecular weight excluding hydrogens is 366 g/mol. The molecule has 0 saturated carbocycles. The van der Waals surface area contributed by atoms with E-state index in [1.807, 2.05) is 6.92 Å². The van der Waals surface area contributed by atoms with Crippen molar-refractivity contribution in [2.45, 2.75) is 46.0 Å². The molecule has 2 aromatic rings. The van der Waals surface area contributed by atoms with Crippen LogP contribution in [0.5, 0.6) is 0 Å². The highest BCUT2D eigenvalue weighted by Crippen LogP contribution is 2.31. The average Bonchev–Trinajstić information content (AvgIpc) is 2.75. The summed E-state index contributed by atoms with van der Waals surface area (Å²) >= 11 is 0. The molecule has 1 saturated heterocycles. The van der Waals surface area contributed by atoms with Gasteiger partial charge >= 0.3 is 5.97 Å². The lowest BCUT2D eigenvalue weighted by Crippen LogP contribution is -2.37. The van der Waals surface area contributed by atoms with Gasteiger partial charge in [-0.05, 0) is 50.3 Å². The zero-order valence-electron chi connectivity index (χ0n) is 17.4. The lowest BCUT2D eigenvalue weighted by atomic mass is 9.97. The highest BCUT2D eigenvalue weighted by atomic mass is 16.5. The first-order valence-electron chi connectivity index (χ1n) is 10.5. The first kappa shape index (κ1) is 20.9. The fraction of sp³-hybridized carbons (Fsp3) is 0.500. The summed E-state index contributed by atoms with van der Waals surface area (Å²) in [6.07, 6.45) is 6.49. The van der Waals surface area contributed by atoms with Gasteiger partial charge < -0.3 is 20.7 Å². The molecule has 1 aliphatic rings. The Kier molecular flexibility index (Phi) is 7.27. The van der Waals surface area contributed by atoms with Gasteiger partial charge in [0.2, 0.25) is 0 Å². The Balaban J connectivity index is 1.65. The topological polar surface area (TPSA) is 93.4 Å². The van der Waals surface area contributed by atoms with Crippen LogP contribution in [-0.2, 0) is 16.0 Å². The highest BCUT2D eigenvalue weighted by Gasteiger charge is 2.27. The van der Waals surface area contributed by atoms with Crippen LogP contribution in [0.1, 0.15) is 45.1 Å². The number of nitrogens with zero attached hydrogens (tertiary/aromatic N) is 3. The predicted octanol–water partition coefficient (Wildman–Crippen LogP) is 3.92. The second-order valence-electron chi connectivity index (χ2n) is 7.40. The van der Waals surface area contributed by atoms with E-state index >= 15 is 0 Å². The van der Waals surface area contributed by atoms with Crippen molar-refractivity contribution in [1.29, 1.82) is 0 Å². The van der Waals surface area contributed by atoms with Gasteiger partial charge in [-0.3, -0.25) is 4.79 Å². The van der Waals surface area contributed by atoms with Crippen LogP contribution >= 0.6 is 0 Å². The number of aryl methyl sites for hydroxylation is 1. The van der Waals surface area contributed by atoms with E-state index < -0.39 is 0 Å². The number of rotatable bonds is 8. The number of benzene rings is 1. The van der Waals surface area contributed by atoms with Crippen molar-refractivity contribution in [2.24, 2.45) is 5.92 Å². The number of carbonyl (C=O) groups excluding carboxylic acids is 1. The van der Waals surface area contributed by atoms with Crippen molar-refractivity contribution in [2.75, 3.05) is 35.6 Å². The lowest BCUT2D eigenvalue weighted by Gasteiger charge is -2.32. The third-order valence-corrected chi connectivity index (χ3v) is 5.31. The molecule has 7 nitrogen and oxygen atoms in total. The molecule has 7 heteroatoms. The largest absolute Gasteiger partial charge is 0.466 e. The molecule has 1 aromatic carbocycles. The Hall–Kier alpha value is -2.83. The molecule has 1 fully saturated rings. The van der Waals surface area contributed by atoms with E-state index in [1.54, 1.807) is 0 Å². The second-order valence-corrected chi connectivity index (χ2v) is 7.40. The smallest absolute Gasteiger partial charge is 0.309 e. The number of piperidine rings is 1. The summed E-state index contributed by atoms with van der Waals surface area (Å²) in [5.74, 6) is 1.17. The number of nitrogen functional groups attached to an aromatic ring is 1. The number of anilines is 4. The third-order valence-electron chi connectivity index (χ3n) is 5.31. The maximum Gasteiger partial charge on any atom is 0.309 e. The van der Waals surface area contributed by atoms with Crippen LogP contribution in [-0.4, -0.2) is 35.6 Å². The van der Waals surface area contributed by atoms with Gasteiger partial charge in [0.15, 0.2) is 11.6 Å². The molecule has 0 aliphatic carbocycles. The molecule has 0 bridgehead atoms. The minimum Gasteiger partial charge on any atom is -0.466 e. The van der Waals surface area contributed by atoms with E-state index in [-0.39, 0.29) is 11.9 Å². The Morgan fingerprint density at radius 2 is 1.93 bits per heavy atom. The van der Waals surface area contributed by atoms with Crippen LogP contribution in [0.4, 0.5) is 23.0 Å². The van der Waals surface area contributed by atoms with Crippen molar-refractivity contribution in [1.82, 2.24) is 9.97 Å². The van der Waals surface area contributed by atoms with Crippen molar-refractivity contribution in [3.8, 4) is 0 Å². The second kappa shape index (κ2) is 10.1. The summed E-state index contributed by atoms with van der Waals surface area (Å²) in [5.41, 5.74) is 9.18.